The summed E-state index contributed by atoms with van der Waals surface area (Å²) >= 11 is 0. The predicted molar refractivity (Wildman–Crippen MR) is 51.2 cm³/mol. The van der Waals surface area contributed by atoms with Crippen LogP contribution in [0, 0.1) is 0 Å². The van der Waals surface area contributed by atoms with Crippen LogP contribution in [0.2, 0.25) is 0 Å². The molecule has 0 saturated carbocycles. The van der Waals surface area contributed by atoms with E-state index in [9.17, 15) is 4.79 Å². The molecule has 1 fully saturated rings. The third kappa shape index (κ3) is 4.50. The van der Waals surface area contributed by atoms with E-state index in [2.05, 4.69) is 10.8 Å². The van der Waals surface area contributed by atoms with E-state index in [0.717, 1.165) is 0 Å². The molecular weight excluding hydrogens is 270 g/mol. The molecule has 0 aromatic rings. The van der Waals surface area contributed by atoms with Crippen molar-refractivity contribution < 1.29 is 72.9 Å². The molecule has 82 valence electrons. The van der Waals surface area contributed by atoms with Gasteiger partial charge in [0.15, 0.2) is 0 Å². The average molecular weight is 287 g/mol. The van der Waals surface area contributed by atoms with Crippen LogP contribution < -0.4 is 63.5 Å². The topological polar surface area (TPSA) is 72.7 Å². The Morgan fingerprint density at radius 3 is 2.40 bits per heavy atom. The Morgan fingerprint density at radius 2 is 2.00 bits per heavy atom. The van der Waals surface area contributed by atoms with Crippen LogP contribution in [0.4, 0.5) is 0 Å². The normalized spacial score (nSPS) is 19.5. The molecule has 0 atom stereocenters. The van der Waals surface area contributed by atoms with E-state index in [-0.39, 0.29) is 70.1 Å². The summed E-state index contributed by atoms with van der Waals surface area (Å²) in [6, 6.07) is 0.0592. The molecule has 1 rings (SSSR count). The van der Waals surface area contributed by atoms with Gasteiger partial charge in [0.1, 0.15) is 0 Å². The molecule has 0 bridgehead atoms. The molecule has 0 aliphatic carbocycles. The minimum Gasteiger partial charge on any atom is -0.524 e. The number of carbonyl (C=O) groups is 1. The molecule has 1 aliphatic rings. The van der Waals surface area contributed by atoms with Crippen molar-refractivity contribution in [1.29, 1.82) is 0 Å². The Hall–Kier alpha value is 1.16. The zero-order valence-electron chi connectivity index (χ0n) is 9.62. The van der Waals surface area contributed by atoms with E-state index in [1.165, 1.54) is 0 Å². The maximum atomic E-state index is 11.7. The fourth-order valence-electron chi connectivity index (χ4n) is 1.48. The van der Waals surface area contributed by atoms with Crippen molar-refractivity contribution in [2.45, 2.75) is 38.3 Å². The van der Waals surface area contributed by atoms with Gasteiger partial charge in [-0.1, -0.05) is 0 Å². The summed E-state index contributed by atoms with van der Waals surface area (Å²) in [5.74, 6) is -0.210. The van der Waals surface area contributed by atoms with E-state index in [1.54, 1.807) is 0 Å². The molecule has 15 heavy (non-hydrogen) atoms. The average Bonchev–Trinajstić information content (AvgIpc) is 2.18. The second-order valence-electron chi connectivity index (χ2n) is 3.87. The Bertz CT molecular complexity index is 206. The number of nitrogens with zero attached hydrogens (tertiary/aromatic N) is 1. The zero-order chi connectivity index (χ0) is 10.6. The minimum absolute atomic E-state index is 0. The first-order valence-electron chi connectivity index (χ1n) is 4.86. The number of hydrogen-bond acceptors (Lipinski definition) is 3. The summed E-state index contributed by atoms with van der Waals surface area (Å²) in [5.41, 5.74) is 2.26. The predicted octanol–water partition coefficient (Wildman–Crippen LogP) is -2.17. The van der Waals surface area contributed by atoms with Crippen molar-refractivity contribution in [2.75, 3.05) is 13.2 Å². The van der Waals surface area contributed by atoms with Crippen LogP contribution in [0.15, 0.2) is 0 Å². The number of rotatable bonds is 3. The van der Waals surface area contributed by atoms with Crippen LogP contribution >= 0.6 is 0 Å². The molecule has 1 saturated heterocycles. The molecule has 1 aliphatic heterocycles. The van der Waals surface area contributed by atoms with Gasteiger partial charge in [-0.15, -0.1) is 0 Å². The monoisotopic (exact) mass is 286 g/mol. The van der Waals surface area contributed by atoms with Gasteiger partial charge in [0.25, 0.3) is 0 Å². The molecule has 1 amide bonds. The summed E-state index contributed by atoms with van der Waals surface area (Å²) < 4.78 is 5.13. The number of amides is 1. The summed E-state index contributed by atoms with van der Waals surface area (Å²) in [6.07, 6.45) is 0.893. The Labute approximate surface area is 139 Å². The van der Waals surface area contributed by atoms with E-state index < -0.39 is 5.54 Å². The van der Waals surface area contributed by atoms with Gasteiger partial charge >= 0.3 is 58.2 Å². The standard InChI is InChI=1S/C9H17N2O3.Rb/c1-7(2)10-8(12)9(11-13)3-5-14-6-4-9;/h7,13H,3-6H2,1-2H3,(H,10,12);/q-1;+1. The van der Waals surface area contributed by atoms with Gasteiger partial charge in [0.05, 0.1) is 0 Å². The van der Waals surface area contributed by atoms with Gasteiger partial charge in [-0.2, -0.15) is 0 Å². The van der Waals surface area contributed by atoms with E-state index in [1.807, 2.05) is 13.8 Å². The third-order valence-electron chi connectivity index (χ3n) is 2.35. The largest absolute Gasteiger partial charge is 1.00 e. The van der Waals surface area contributed by atoms with Crippen LogP contribution in [0.5, 0.6) is 0 Å². The summed E-state index contributed by atoms with van der Waals surface area (Å²) in [7, 11) is 0. The minimum atomic E-state index is -0.984. The number of nitrogens with one attached hydrogen (secondary N) is 1. The molecule has 0 aromatic heterocycles. The molecule has 0 radical (unpaired) electrons. The van der Waals surface area contributed by atoms with Crippen molar-refractivity contribution in [2.24, 2.45) is 0 Å². The number of hydroxylamine groups is 1. The smallest absolute Gasteiger partial charge is 0.524 e. The first kappa shape index (κ1) is 16.2. The van der Waals surface area contributed by atoms with Crippen molar-refractivity contribution in [3.63, 3.8) is 0 Å². The van der Waals surface area contributed by atoms with Crippen molar-refractivity contribution in [1.82, 2.24) is 5.32 Å². The fraction of sp³-hybridized carbons (Fsp3) is 0.889. The number of carbonyl (C=O) groups excluding carboxylic acids is 1. The molecule has 2 N–H and O–H groups in total. The fourth-order valence-corrected chi connectivity index (χ4v) is 1.48. The van der Waals surface area contributed by atoms with Crippen LogP contribution in [0.3, 0.4) is 0 Å². The number of hydrogen-bond donors (Lipinski definition) is 2. The first-order chi connectivity index (χ1) is 6.60. The first-order valence-corrected chi connectivity index (χ1v) is 4.86. The van der Waals surface area contributed by atoms with Gasteiger partial charge in [0.2, 0.25) is 5.91 Å². The maximum absolute atomic E-state index is 11.7. The molecule has 5 nitrogen and oxygen atoms in total. The Morgan fingerprint density at radius 1 is 1.47 bits per heavy atom. The van der Waals surface area contributed by atoms with Crippen molar-refractivity contribution in [3.05, 3.63) is 5.48 Å². The van der Waals surface area contributed by atoms with Gasteiger partial charge in [-0.3, -0.25) is 4.79 Å². The van der Waals surface area contributed by atoms with E-state index >= 15 is 0 Å². The summed E-state index contributed by atoms with van der Waals surface area (Å²) in [5, 5.41) is 11.7. The Kier molecular flexibility index (Phi) is 8.05. The van der Waals surface area contributed by atoms with E-state index in [0.29, 0.717) is 26.1 Å². The van der Waals surface area contributed by atoms with E-state index in [4.69, 9.17) is 9.94 Å². The van der Waals surface area contributed by atoms with Crippen LogP contribution in [0.1, 0.15) is 26.7 Å². The van der Waals surface area contributed by atoms with Gasteiger partial charge in [-0.05, 0) is 32.2 Å². The Balaban J connectivity index is 0.00000196. The van der Waals surface area contributed by atoms with Crippen molar-refractivity contribution in [3.8, 4) is 0 Å². The molecule has 0 spiro atoms. The van der Waals surface area contributed by atoms with Crippen LogP contribution in [-0.2, 0) is 9.53 Å². The van der Waals surface area contributed by atoms with Gasteiger partial charge < -0.3 is 20.7 Å². The SMILES string of the molecule is CC(C)NC(=O)C1([N-]O)CCOCC1.[Rb+]. The van der Waals surface area contributed by atoms with Gasteiger partial charge in [-0.25, -0.2) is 0 Å². The maximum Gasteiger partial charge on any atom is 1.00 e. The quantitative estimate of drug-likeness (QED) is 0.580. The molecule has 6 heteroatoms. The van der Waals surface area contributed by atoms with Crippen molar-refractivity contribution >= 4 is 5.91 Å². The molecule has 0 unspecified atom stereocenters. The second kappa shape index (κ2) is 7.48. The van der Waals surface area contributed by atoms with Crippen LogP contribution in [0.25, 0.3) is 5.48 Å². The van der Waals surface area contributed by atoms with Gasteiger partial charge in [0, 0.05) is 19.3 Å². The summed E-state index contributed by atoms with van der Waals surface area (Å²) in [6.45, 7) is 4.69. The number of ether oxygens (including phenoxy) is 1. The zero-order valence-corrected chi connectivity index (χ0v) is 14.5. The molecular formula is C9H17N2O3Rb. The summed E-state index contributed by atoms with van der Waals surface area (Å²) in [4.78, 5) is 11.7. The van der Waals surface area contributed by atoms with Crippen LogP contribution in [-0.4, -0.2) is 35.9 Å². The molecule has 1 heterocycles. The third-order valence-corrected chi connectivity index (χ3v) is 2.35. The second-order valence-corrected chi connectivity index (χ2v) is 3.87. The molecule has 0 aromatic carbocycles.